The molecular formula is C13H11ClF3N3O2S. The Balaban J connectivity index is 2.53. The van der Waals surface area contributed by atoms with Crippen molar-refractivity contribution in [2.24, 2.45) is 0 Å². The van der Waals surface area contributed by atoms with Crippen LogP contribution in [0.15, 0.2) is 29.2 Å². The third-order valence-corrected chi connectivity index (χ3v) is 4.32. The van der Waals surface area contributed by atoms with Crippen molar-refractivity contribution in [2.45, 2.75) is 17.5 Å². The van der Waals surface area contributed by atoms with E-state index in [0.717, 1.165) is 6.26 Å². The summed E-state index contributed by atoms with van der Waals surface area (Å²) >= 11 is 5.54. The number of alkyl halides is 3. The number of aromatic nitrogens is 2. The lowest BCUT2D eigenvalue weighted by Crippen LogP contribution is -2.15. The lowest BCUT2D eigenvalue weighted by atomic mass is 10.1. The van der Waals surface area contributed by atoms with E-state index in [-0.39, 0.29) is 11.3 Å². The van der Waals surface area contributed by atoms with Crippen molar-refractivity contribution in [3.63, 3.8) is 0 Å². The SMILES string of the molecule is CS(=O)(=O)c1cccc(Cc2nc(N)nc(Cl)c2C(F)(F)F)c1. The molecule has 124 valence electrons. The van der Waals surface area contributed by atoms with Crippen LogP contribution in [-0.4, -0.2) is 24.6 Å². The van der Waals surface area contributed by atoms with Gasteiger partial charge in [0.25, 0.3) is 0 Å². The number of nitrogen functional groups attached to an aromatic ring is 1. The molecule has 0 spiro atoms. The van der Waals surface area contributed by atoms with E-state index >= 15 is 0 Å². The molecule has 0 aliphatic carbocycles. The molecule has 0 atom stereocenters. The van der Waals surface area contributed by atoms with Crippen LogP contribution in [0.2, 0.25) is 5.15 Å². The van der Waals surface area contributed by atoms with Gasteiger partial charge in [0.2, 0.25) is 5.95 Å². The number of hydrogen-bond acceptors (Lipinski definition) is 5. The Morgan fingerprint density at radius 2 is 1.91 bits per heavy atom. The summed E-state index contributed by atoms with van der Waals surface area (Å²) in [6, 6.07) is 5.55. The van der Waals surface area contributed by atoms with E-state index in [2.05, 4.69) is 9.97 Å². The van der Waals surface area contributed by atoms with Gasteiger partial charge in [0.05, 0.1) is 10.6 Å². The Hall–Kier alpha value is -1.87. The van der Waals surface area contributed by atoms with Gasteiger partial charge in [0.15, 0.2) is 9.84 Å². The number of benzene rings is 1. The minimum Gasteiger partial charge on any atom is -0.368 e. The average Bonchev–Trinajstić information content (AvgIpc) is 2.35. The number of sulfone groups is 1. The van der Waals surface area contributed by atoms with Gasteiger partial charge in [-0.25, -0.2) is 18.4 Å². The molecule has 0 saturated heterocycles. The number of anilines is 1. The fraction of sp³-hybridized carbons (Fsp3) is 0.231. The Bertz CT molecular complexity index is 854. The molecule has 2 aromatic rings. The van der Waals surface area contributed by atoms with Crippen molar-refractivity contribution < 1.29 is 21.6 Å². The highest BCUT2D eigenvalue weighted by atomic mass is 35.5. The number of nitrogens with two attached hydrogens (primary N) is 1. The molecule has 0 radical (unpaired) electrons. The molecule has 1 aromatic heterocycles. The molecule has 0 aliphatic rings. The normalized spacial score (nSPS) is 12.4. The third-order valence-electron chi connectivity index (χ3n) is 2.94. The summed E-state index contributed by atoms with van der Waals surface area (Å²) in [7, 11) is -3.48. The minimum absolute atomic E-state index is 0.00307. The van der Waals surface area contributed by atoms with Crippen LogP contribution in [0.5, 0.6) is 0 Å². The van der Waals surface area contributed by atoms with Gasteiger partial charge >= 0.3 is 6.18 Å². The van der Waals surface area contributed by atoms with Crippen LogP contribution in [0.1, 0.15) is 16.8 Å². The zero-order chi connectivity index (χ0) is 17.4. The van der Waals surface area contributed by atoms with Crippen molar-refractivity contribution in [1.29, 1.82) is 0 Å². The van der Waals surface area contributed by atoms with Gasteiger partial charge < -0.3 is 5.73 Å². The van der Waals surface area contributed by atoms with Crippen LogP contribution in [-0.2, 0) is 22.4 Å². The van der Waals surface area contributed by atoms with E-state index in [1.165, 1.54) is 24.3 Å². The van der Waals surface area contributed by atoms with E-state index in [4.69, 9.17) is 17.3 Å². The standard InChI is InChI=1S/C13H11ClF3N3O2S/c1-23(21,22)8-4-2-3-7(5-8)6-9-10(13(15,16)17)11(14)20-12(18)19-9/h2-5H,6H2,1H3,(H2,18,19,20). The highest BCUT2D eigenvalue weighted by Gasteiger charge is 2.38. The molecule has 0 saturated carbocycles. The van der Waals surface area contributed by atoms with Gasteiger partial charge in [0.1, 0.15) is 10.7 Å². The molecule has 0 aliphatic heterocycles. The second-order valence-corrected chi connectivity index (χ2v) is 7.16. The Labute approximate surface area is 135 Å². The molecule has 2 rings (SSSR count). The molecule has 0 fully saturated rings. The Kier molecular flexibility index (Phi) is 4.54. The molecule has 0 amide bonds. The first-order valence-electron chi connectivity index (χ1n) is 6.16. The number of rotatable bonds is 3. The van der Waals surface area contributed by atoms with Gasteiger partial charge in [-0.3, -0.25) is 0 Å². The summed E-state index contributed by atoms with van der Waals surface area (Å²) in [5.41, 5.74) is 4.08. The quantitative estimate of drug-likeness (QED) is 0.845. The summed E-state index contributed by atoms with van der Waals surface area (Å²) in [6.07, 6.45) is -4.04. The van der Waals surface area contributed by atoms with E-state index in [0.29, 0.717) is 5.56 Å². The van der Waals surface area contributed by atoms with Crippen molar-refractivity contribution in [2.75, 3.05) is 12.0 Å². The fourth-order valence-electron chi connectivity index (χ4n) is 1.98. The molecule has 5 nitrogen and oxygen atoms in total. The number of halogens is 4. The number of nitrogens with zero attached hydrogens (tertiary/aromatic N) is 2. The van der Waals surface area contributed by atoms with Gasteiger partial charge in [-0.05, 0) is 17.7 Å². The van der Waals surface area contributed by atoms with E-state index in [9.17, 15) is 21.6 Å². The topological polar surface area (TPSA) is 85.9 Å². The van der Waals surface area contributed by atoms with Crippen LogP contribution in [0.25, 0.3) is 0 Å². The molecule has 2 N–H and O–H groups in total. The molecule has 1 heterocycles. The fourth-order valence-corrected chi connectivity index (χ4v) is 2.98. The molecule has 0 bridgehead atoms. The van der Waals surface area contributed by atoms with Gasteiger partial charge in [-0.2, -0.15) is 13.2 Å². The van der Waals surface area contributed by atoms with Crippen LogP contribution in [0.3, 0.4) is 0 Å². The smallest absolute Gasteiger partial charge is 0.368 e. The van der Waals surface area contributed by atoms with Gasteiger partial charge in [-0.15, -0.1) is 0 Å². The van der Waals surface area contributed by atoms with Crippen molar-refractivity contribution in [3.8, 4) is 0 Å². The minimum atomic E-state index is -4.76. The summed E-state index contributed by atoms with van der Waals surface area (Å²) in [5, 5.41) is -0.792. The summed E-state index contributed by atoms with van der Waals surface area (Å²) in [6.45, 7) is 0. The second kappa shape index (κ2) is 5.97. The second-order valence-electron chi connectivity index (χ2n) is 4.79. The van der Waals surface area contributed by atoms with Gasteiger partial charge in [0, 0.05) is 12.7 Å². The van der Waals surface area contributed by atoms with E-state index in [1.54, 1.807) is 0 Å². The number of hydrogen-bond donors (Lipinski definition) is 1. The molecule has 23 heavy (non-hydrogen) atoms. The first-order valence-corrected chi connectivity index (χ1v) is 8.43. The first-order chi connectivity index (χ1) is 10.5. The monoisotopic (exact) mass is 365 g/mol. The Morgan fingerprint density at radius 1 is 1.26 bits per heavy atom. The summed E-state index contributed by atoms with van der Waals surface area (Å²) in [5.74, 6) is -0.391. The summed E-state index contributed by atoms with van der Waals surface area (Å²) in [4.78, 5) is 6.91. The van der Waals surface area contributed by atoms with Gasteiger partial charge in [-0.1, -0.05) is 23.7 Å². The molecule has 10 heteroatoms. The lowest BCUT2D eigenvalue weighted by molar-refractivity contribution is -0.138. The van der Waals surface area contributed by atoms with Crippen LogP contribution in [0, 0.1) is 0 Å². The van der Waals surface area contributed by atoms with Crippen molar-refractivity contribution >= 4 is 27.4 Å². The van der Waals surface area contributed by atoms with Crippen molar-refractivity contribution in [3.05, 3.63) is 46.2 Å². The predicted molar refractivity (Wildman–Crippen MR) is 78.8 cm³/mol. The van der Waals surface area contributed by atoms with E-state index in [1.807, 2.05) is 0 Å². The first kappa shape index (κ1) is 17.5. The largest absolute Gasteiger partial charge is 0.421 e. The maximum absolute atomic E-state index is 13.1. The lowest BCUT2D eigenvalue weighted by Gasteiger charge is -2.14. The van der Waals surface area contributed by atoms with Crippen molar-refractivity contribution in [1.82, 2.24) is 9.97 Å². The molecular weight excluding hydrogens is 355 g/mol. The maximum atomic E-state index is 13.1. The molecule has 0 unspecified atom stereocenters. The summed E-state index contributed by atoms with van der Waals surface area (Å²) < 4.78 is 62.4. The van der Waals surface area contributed by atoms with Crippen LogP contribution < -0.4 is 5.73 Å². The third kappa shape index (κ3) is 4.11. The van der Waals surface area contributed by atoms with Crippen LogP contribution in [0.4, 0.5) is 19.1 Å². The highest BCUT2D eigenvalue weighted by molar-refractivity contribution is 7.90. The average molecular weight is 366 g/mol. The predicted octanol–water partition coefficient (Wildman–Crippen LogP) is 2.73. The Morgan fingerprint density at radius 3 is 2.48 bits per heavy atom. The molecule has 1 aromatic carbocycles. The zero-order valence-corrected chi connectivity index (χ0v) is 13.3. The van der Waals surface area contributed by atoms with Crippen LogP contribution >= 0.6 is 11.6 Å². The highest BCUT2D eigenvalue weighted by Crippen LogP contribution is 2.36. The van der Waals surface area contributed by atoms with E-state index < -0.39 is 38.4 Å². The maximum Gasteiger partial charge on any atom is 0.421 e. The zero-order valence-electron chi connectivity index (χ0n) is 11.7.